The summed E-state index contributed by atoms with van der Waals surface area (Å²) in [5, 5.41) is 15.0. The molecule has 0 bridgehead atoms. The maximum Gasteiger partial charge on any atom is 0.255 e. The number of carbonyl (C=O) groups excluding carboxylic acids is 1. The second kappa shape index (κ2) is 18.3. The molecule has 2 aromatic carbocycles. The summed E-state index contributed by atoms with van der Waals surface area (Å²) in [6, 6.07) is 11.2. The molecule has 0 saturated carbocycles. The number of unbranched alkanes of at least 4 members (excludes halogenated alkanes) is 17. The number of hydrogen-bond acceptors (Lipinski definition) is 2. The van der Waals surface area contributed by atoms with E-state index < -0.39 is 0 Å². The van der Waals surface area contributed by atoms with Crippen molar-refractivity contribution >= 4 is 16.7 Å². The number of rotatable bonds is 20. The molecule has 3 nitrogen and oxygen atoms in total. The summed E-state index contributed by atoms with van der Waals surface area (Å²) in [5.41, 5.74) is 0.362. The molecule has 2 aromatic rings. The van der Waals surface area contributed by atoms with E-state index in [0.29, 0.717) is 12.1 Å². The SMILES string of the molecule is CCCCCCCCCCCCCCCCCCCCNC(=O)c1ccc2ccccc2c1O. The Bertz CT molecular complexity index is 801. The number of benzene rings is 2. The molecule has 2 N–H and O–H groups in total. The quantitative estimate of drug-likeness (QED) is 0.191. The van der Waals surface area contributed by atoms with E-state index in [1.54, 1.807) is 6.07 Å². The molecule has 0 aliphatic rings. The summed E-state index contributed by atoms with van der Waals surface area (Å²) < 4.78 is 0. The van der Waals surface area contributed by atoms with Crippen molar-refractivity contribution in [3.8, 4) is 5.75 Å². The molecular weight excluding hydrogens is 418 g/mol. The lowest BCUT2D eigenvalue weighted by Crippen LogP contribution is -2.24. The van der Waals surface area contributed by atoms with Gasteiger partial charge in [-0.1, -0.05) is 146 Å². The first kappa shape index (κ1) is 28.2. The van der Waals surface area contributed by atoms with Gasteiger partial charge in [-0.25, -0.2) is 0 Å². The van der Waals surface area contributed by atoms with Crippen molar-refractivity contribution < 1.29 is 9.90 Å². The van der Waals surface area contributed by atoms with Crippen LogP contribution in [0, 0.1) is 0 Å². The van der Waals surface area contributed by atoms with E-state index in [4.69, 9.17) is 0 Å². The second-order valence-electron chi connectivity index (χ2n) is 9.95. The van der Waals surface area contributed by atoms with Gasteiger partial charge in [-0.3, -0.25) is 4.79 Å². The third-order valence-electron chi connectivity index (χ3n) is 6.96. The van der Waals surface area contributed by atoms with Crippen molar-refractivity contribution in [2.45, 2.75) is 122 Å². The van der Waals surface area contributed by atoms with Crippen molar-refractivity contribution in [3.05, 3.63) is 42.0 Å². The van der Waals surface area contributed by atoms with Crippen LogP contribution in [0.2, 0.25) is 0 Å². The number of phenolic OH excluding ortho intramolecular Hbond substituents is 1. The number of hydrogen-bond donors (Lipinski definition) is 2. The topological polar surface area (TPSA) is 49.3 Å². The summed E-state index contributed by atoms with van der Waals surface area (Å²) in [5.74, 6) is -0.108. The number of fused-ring (bicyclic) bond motifs is 1. The van der Waals surface area contributed by atoms with Crippen molar-refractivity contribution in [1.29, 1.82) is 0 Å². The largest absolute Gasteiger partial charge is 0.506 e. The van der Waals surface area contributed by atoms with E-state index >= 15 is 0 Å². The third-order valence-corrected chi connectivity index (χ3v) is 6.96. The Morgan fingerprint density at radius 1 is 0.647 bits per heavy atom. The van der Waals surface area contributed by atoms with E-state index in [0.717, 1.165) is 23.6 Å². The van der Waals surface area contributed by atoms with Crippen LogP contribution in [-0.2, 0) is 0 Å². The Morgan fingerprint density at radius 3 is 1.65 bits per heavy atom. The van der Waals surface area contributed by atoms with Crippen LogP contribution >= 0.6 is 0 Å². The molecule has 0 unspecified atom stereocenters. The Labute approximate surface area is 208 Å². The van der Waals surface area contributed by atoms with Crippen molar-refractivity contribution in [3.63, 3.8) is 0 Å². The van der Waals surface area contributed by atoms with Gasteiger partial charge in [0, 0.05) is 11.9 Å². The third kappa shape index (κ3) is 11.4. The van der Waals surface area contributed by atoms with Crippen LogP contribution in [0.4, 0.5) is 0 Å². The fourth-order valence-electron chi connectivity index (χ4n) is 4.76. The van der Waals surface area contributed by atoms with E-state index in [9.17, 15) is 9.90 Å². The van der Waals surface area contributed by atoms with Gasteiger partial charge >= 0.3 is 0 Å². The fourth-order valence-corrected chi connectivity index (χ4v) is 4.76. The first-order valence-corrected chi connectivity index (χ1v) is 14.2. The van der Waals surface area contributed by atoms with Gasteiger partial charge in [-0.15, -0.1) is 0 Å². The van der Waals surface area contributed by atoms with Gasteiger partial charge in [0.1, 0.15) is 5.75 Å². The minimum Gasteiger partial charge on any atom is -0.506 e. The van der Waals surface area contributed by atoms with Crippen LogP contribution in [0.1, 0.15) is 133 Å². The molecule has 3 heteroatoms. The van der Waals surface area contributed by atoms with Crippen LogP contribution in [0.5, 0.6) is 5.75 Å². The molecule has 0 aromatic heterocycles. The highest BCUT2D eigenvalue weighted by Crippen LogP contribution is 2.28. The molecule has 0 aliphatic carbocycles. The molecule has 0 radical (unpaired) electrons. The van der Waals surface area contributed by atoms with Gasteiger partial charge in [0.2, 0.25) is 0 Å². The highest BCUT2D eigenvalue weighted by Gasteiger charge is 2.12. The molecule has 2 rings (SSSR count). The monoisotopic (exact) mass is 467 g/mol. The van der Waals surface area contributed by atoms with Gasteiger partial charge in [0.15, 0.2) is 0 Å². The zero-order chi connectivity index (χ0) is 24.3. The number of aromatic hydroxyl groups is 1. The van der Waals surface area contributed by atoms with Crippen molar-refractivity contribution in [2.24, 2.45) is 0 Å². The van der Waals surface area contributed by atoms with Crippen LogP contribution in [0.25, 0.3) is 10.8 Å². The minimum atomic E-state index is -0.185. The molecule has 0 spiro atoms. The molecule has 1 amide bonds. The Balaban J connectivity index is 1.37. The van der Waals surface area contributed by atoms with Gasteiger partial charge in [0.05, 0.1) is 5.56 Å². The van der Waals surface area contributed by atoms with Gasteiger partial charge < -0.3 is 10.4 Å². The van der Waals surface area contributed by atoms with Gasteiger partial charge in [-0.2, -0.15) is 0 Å². The number of phenols is 1. The van der Waals surface area contributed by atoms with E-state index in [1.165, 1.54) is 103 Å². The molecular formula is C31H49NO2. The lowest BCUT2D eigenvalue weighted by atomic mass is 10.0. The average molecular weight is 468 g/mol. The Kier molecular flexibility index (Phi) is 15.2. The van der Waals surface area contributed by atoms with Crippen LogP contribution in [0.15, 0.2) is 36.4 Å². The van der Waals surface area contributed by atoms with Gasteiger partial charge in [0.25, 0.3) is 5.91 Å². The fraction of sp³-hybridized carbons (Fsp3) is 0.645. The molecule has 34 heavy (non-hydrogen) atoms. The van der Waals surface area contributed by atoms with E-state index in [1.807, 2.05) is 30.3 Å². The predicted octanol–water partition coefficient (Wildman–Crippen LogP) is 9.32. The van der Waals surface area contributed by atoms with Crippen LogP contribution in [-0.4, -0.2) is 17.6 Å². The normalized spacial score (nSPS) is 11.2. The smallest absolute Gasteiger partial charge is 0.255 e. The Hall–Kier alpha value is -2.03. The predicted molar refractivity (Wildman–Crippen MR) is 147 cm³/mol. The first-order chi connectivity index (χ1) is 16.7. The molecule has 0 aliphatic heterocycles. The molecule has 190 valence electrons. The highest BCUT2D eigenvalue weighted by molar-refractivity contribution is 6.03. The standard InChI is InChI=1S/C31H49NO2/c1-2-3-4-5-6-7-8-9-10-11-12-13-14-15-16-17-18-21-26-32-31(34)29-25-24-27-22-19-20-23-28(27)30(29)33/h19-20,22-25,33H,2-18,21,26H2,1H3,(H,32,34). The number of nitrogens with one attached hydrogen (secondary N) is 1. The lowest BCUT2D eigenvalue weighted by Gasteiger charge is -2.09. The molecule has 0 saturated heterocycles. The molecule has 0 fully saturated rings. The van der Waals surface area contributed by atoms with Crippen LogP contribution < -0.4 is 5.32 Å². The number of carbonyl (C=O) groups is 1. The zero-order valence-corrected chi connectivity index (χ0v) is 21.8. The average Bonchev–Trinajstić information content (AvgIpc) is 2.85. The maximum atomic E-state index is 12.4. The Morgan fingerprint density at radius 2 is 1.12 bits per heavy atom. The highest BCUT2D eigenvalue weighted by atomic mass is 16.3. The summed E-state index contributed by atoms with van der Waals surface area (Å²) >= 11 is 0. The summed E-state index contributed by atoms with van der Waals surface area (Å²) in [6.45, 7) is 2.95. The maximum absolute atomic E-state index is 12.4. The molecule has 0 heterocycles. The van der Waals surface area contributed by atoms with E-state index in [-0.39, 0.29) is 11.7 Å². The van der Waals surface area contributed by atoms with E-state index in [2.05, 4.69) is 12.2 Å². The second-order valence-corrected chi connectivity index (χ2v) is 9.95. The minimum absolute atomic E-state index is 0.0772. The van der Waals surface area contributed by atoms with Crippen molar-refractivity contribution in [1.82, 2.24) is 5.32 Å². The lowest BCUT2D eigenvalue weighted by molar-refractivity contribution is 0.0950. The zero-order valence-electron chi connectivity index (χ0n) is 21.8. The molecule has 0 atom stereocenters. The summed E-state index contributed by atoms with van der Waals surface area (Å²) in [6.07, 6.45) is 24.5. The van der Waals surface area contributed by atoms with Crippen LogP contribution in [0.3, 0.4) is 0 Å². The van der Waals surface area contributed by atoms with Gasteiger partial charge in [-0.05, 0) is 17.9 Å². The first-order valence-electron chi connectivity index (χ1n) is 14.2. The summed E-state index contributed by atoms with van der Waals surface area (Å²) in [4.78, 5) is 12.4. The number of amides is 1. The summed E-state index contributed by atoms with van der Waals surface area (Å²) in [7, 11) is 0. The van der Waals surface area contributed by atoms with Crippen molar-refractivity contribution in [2.75, 3.05) is 6.54 Å².